The number of hydrogen-bond donors (Lipinski definition) is 3. The van der Waals surface area contributed by atoms with Gasteiger partial charge in [-0.05, 0) is 43.4 Å². The van der Waals surface area contributed by atoms with Crippen LogP contribution in [0.15, 0.2) is 0 Å². The molecule has 0 fully saturated rings. The molecule has 0 aliphatic rings. The first kappa shape index (κ1) is 102. The van der Waals surface area contributed by atoms with E-state index in [1.165, 1.54) is 257 Å². The SMILES string of the molecule is CCCCCCCCCCCCCCCCCCCCC(=O)OC[C@H](COP(=O)(O)OC[C@@H](O)COP(=O)(O)OC[C@@H](COC(=O)CCCCCCCCCCC(C)C)OC(=O)CCCCCCCCCCCCCCCC(C)C)OC(=O)CCCCCCCCCCCCCCCCCCC(C)C. The molecule has 0 aliphatic carbocycles. The van der Waals surface area contributed by atoms with Gasteiger partial charge >= 0.3 is 39.5 Å². The second kappa shape index (κ2) is 75.1. The van der Waals surface area contributed by atoms with E-state index in [0.29, 0.717) is 25.7 Å². The van der Waals surface area contributed by atoms with Crippen LogP contribution in [0.25, 0.3) is 0 Å². The van der Waals surface area contributed by atoms with Gasteiger partial charge in [0.05, 0.1) is 26.4 Å². The molecule has 2 unspecified atom stereocenters. The molecule has 0 aliphatic heterocycles. The van der Waals surface area contributed by atoms with Crippen LogP contribution in [0.4, 0.5) is 0 Å². The lowest BCUT2D eigenvalue weighted by atomic mass is 10.0. The Balaban J connectivity index is 5.25. The van der Waals surface area contributed by atoms with Crippen molar-refractivity contribution in [1.29, 1.82) is 0 Å². The highest BCUT2D eigenvalue weighted by Crippen LogP contribution is 2.45. The van der Waals surface area contributed by atoms with Gasteiger partial charge in [0.2, 0.25) is 0 Å². The normalized spacial score (nSPS) is 13.9. The van der Waals surface area contributed by atoms with Gasteiger partial charge in [-0.2, -0.15) is 0 Å². The largest absolute Gasteiger partial charge is 0.472 e. The molecule has 19 heteroatoms. The average molecular weight is 1520 g/mol. The number of hydrogen-bond acceptors (Lipinski definition) is 15. The highest BCUT2D eigenvalue weighted by Gasteiger charge is 2.30. The molecule has 0 saturated heterocycles. The summed E-state index contributed by atoms with van der Waals surface area (Å²) in [6.07, 6.45) is 65.3. The Morgan fingerprint density at radius 1 is 0.260 bits per heavy atom. The van der Waals surface area contributed by atoms with Gasteiger partial charge in [0.15, 0.2) is 12.2 Å². The van der Waals surface area contributed by atoms with Crippen molar-refractivity contribution in [3.63, 3.8) is 0 Å². The molecule has 0 rings (SSSR count). The van der Waals surface area contributed by atoms with E-state index in [2.05, 4.69) is 48.5 Å². The quantitative estimate of drug-likeness (QED) is 0.0222. The van der Waals surface area contributed by atoms with Gasteiger partial charge in [-0.25, -0.2) is 9.13 Å². The van der Waals surface area contributed by atoms with E-state index in [4.69, 9.17) is 37.0 Å². The molecule has 17 nitrogen and oxygen atoms in total. The van der Waals surface area contributed by atoms with E-state index in [-0.39, 0.29) is 25.7 Å². The number of ether oxygens (including phenoxy) is 4. The maximum Gasteiger partial charge on any atom is 0.472 e. The van der Waals surface area contributed by atoms with Crippen LogP contribution in [-0.2, 0) is 65.4 Å². The Labute approximate surface area is 638 Å². The minimum Gasteiger partial charge on any atom is -0.462 e. The maximum atomic E-state index is 13.1. The summed E-state index contributed by atoms with van der Waals surface area (Å²) >= 11 is 0. The van der Waals surface area contributed by atoms with Crippen molar-refractivity contribution in [3.05, 3.63) is 0 Å². The lowest BCUT2D eigenvalue weighted by Gasteiger charge is -2.21. The summed E-state index contributed by atoms with van der Waals surface area (Å²) in [6.45, 7) is 12.0. The summed E-state index contributed by atoms with van der Waals surface area (Å²) in [5.41, 5.74) is 0. The summed E-state index contributed by atoms with van der Waals surface area (Å²) in [5, 5.41) is 10.7. The van der Waals surface area contributed by atoms with Gasteiger partial charge in [-0.3, -0.25) is 37.3 Å². The molecular weight excluding hydrogens is 1350 g/mol. The lowest BCUT2D eigenvalue weighted by molar-refractivity contribution is -0.161. The third-order valence-corrected chi connectivity index (χ3v) is 21.8. The van der Waals surface area contributed by atoms with Gasteiger partial charge in [0.1, 0.15) is 19.3 Å². The third kappa shape index (κ3) is 78.2. The van der Waals surface area contributed by atoms with E-state index in [1.807, 2.05) is 0 Å². The predicted molar refractivity (Wildman–Crippen MR) is 428 cm³/mol. The number of phosphoric acid groups is 2. The van der Waals surface area contributed by atoms with E-state index in [0.717, 1.165) is 108 Å². The number of aliphatic hydroxyl groups excluding tert-OH is 1. The number of esters is 4. The van der Waals surface area contributed by atoms with Crippen molar-refractivity contribution in [2.75, 3.05) is 39.6 Å². The first-order valence-corrected chi connectivity index (χ1v) is 46.8. The zero-order chi connectivity index (χ0) is 76.5. The fourth-order valence-electron chi connectivity index (χ4n) is 13.2. The molecule has 618 valence electrons. The first-order chi connectivity index (χ1) is 50.2. The summed E-state index contributed by atoms with van der Waals surface area (Å²) in [5.74, 6) is 0.216. The molecular formula is C85H166O17P2. The molecule has 104 heavy (non-hydrogen) atoms. The van der Waals surface area contributed by atoms with Gasteiger partial charge in [-0.15, -0.1) is 0 Å². The molecule has 0 bridgehead atoms. The van der Waals surface area contributed by atoms with E-state index < -0.39 is 97.5 Å². The Kier molecular flexibility index (Phi) is 73.7. The maximum absolute atomic E-state index is 13.1. The molecule has 3 N–H and O–H groups in total. The fraction of sp³-hybridized carbons (Fsp3) is 0.953. The van der Waals surface area contributed by atoms with E-state index >= 15 is 0 Å². The highest BCUT2D eigenvalue weighted by molar-refractivity contribution is 7.47. The number of unbranched alkanes of at least 4 members (excludes halogenated alkanes) is 51. The first-order valence-electron chi connectivity index (χ1n) is 43.8. The van der Waals surface area contributed by atoms with Crippen LogP contribution < -0.4 is 0 Å². The molecule has 0 heterocycles. The van der Waals surface area contributed by atoms with E-state index in [9.17, 15) is 43.2 Å². The number of aliphatic hydroxyl groups is 1. The zero-order valence-corrected chi connectivity index (χ0v) is 70.3. The van der Waals surface area contributed by atoms with Crippen molar-refractivity contribution in [2.24, 2.45) is 17.8 Å². The number of phosphoric ester groups is 2. The van der Waals surface area contributed by atoms with Crippen LogP contribution in [-0.4, -0.2) is 96.7 Å². The molecule has 0 aromatic carbocycles. The lowest BCUT2D eigenvalue weighted by Crippen LogP contribution is -2.30. The van der Waals surface area contributed by atoms with Gasteiger partial charge in [-0.1, -0.05) is 395 Å². The van der Waals surface area contributed by atoms with E-state index in [1.54, 1.807) is 0 Å². The molecule has 0 radical (unpaired) electrons. The van der Waals surface area contributed by atoms with Gasteiger partial charge < -0.3 is 33.8 Å². The van der Waals surface area contributed by atoms with Crippen LogP contribution in [0.3, 0.4) is 0 Å². The van der Waals surface area contributed by atoms with Gasteiger partial charge in [0.25, 0.3) is 0 Å². The fourth-order valence-corrected chi connectivity index (χ4v) is 14.8. The van der Waals surface area contributed by atoms with Crippen molar-refractivity contribution in [3.8, 4) is 0 Å². The molecule has 0 amide bonds. The monoisotopic (exact) mass is 1520 g/mol. The Hall–Kier alpha value is -1.94. The standard InChI is InChI=1S/C85H166O17P2/c1-8-9-10-11-12-13-14-15-16-17-18-22-27-32-37-45-52-59-66-82(87)95-72-80(101-84(89)68-61-54-47-38-33-28-23-20-19-21-25-30-35-42-49-56-63-76(2)3)74-99-103(91,92)97-70-79(86)71-98-104(93,94)100-75-81(73-96-83(88)67-60-53-46-41-40-44-51-58-65-78(6)7)102-85(90)69-62-55-48-39-34-29-24-26-31-36-43-50-57-64-77(4)5/h76-81,86H,8-75H2,1-7H3,(H,91,92)(H,93,94)/t79-,80-,81-/m1/s1. The molecule has 0 aromatic rings. The highest BCUT2D eigenvalue weighted by atomic mass is 31.2. The Morgan fingerprint density at radius 3 is 0.654 bits per heavy atom. The van der Waals surface area contributed by atoms with Crippen LogP contribution in [0.2, 0.25) is 0 Å². The summed E-state index contributed by atoms with van der Waals surface area (Å²) in [6, 6.07) is 0. The third-order valence-electron chi connectivity index (χ3n) is 19.9. The molecule has 0 saturated carbocycles. The molecule has 0 aromatic heterocycles. The molecule has 0 spiro atoms. The van der Waals surface area contributed by atoms with Crippen molar-refractivity contribution in [1.82, 2.24) is 0 Å². The van der Waals surface area contributed by atoms with Crippen LogP contribution in [0.1, 0.15) is 447 Å². The molecule has 5 atom stereocenters. The van der Waals surface area contributed by atoms with Crippen molar-refractivity contribution >= 4 is 39.5 Å². The topological polar surface area (TPSA) is 237 Å². The van der Waals surface area contributed by atoms with Crippen molar-refractivity contribution in [2.45, 2.75) is 465 Å². The van der Waals surface area contributed by atoms with Crippen LogP contribution in [0, 0.1) is 17.8 Å². The minimum absolute atomic E-state index is 0.107. The van der Waals surface area contributed by atoms with Crippen LogP contribution in [0.5, 0.6) is 0 Å². The smallest absolute Gasteiger partial charge is 0.462 e. The second-order valence-corrected chi connectivity index (χ2v) is 34.9. The Morgan fingerprint density at radius 2 is 0.442 bits per heavy atom. The summed E-state index contributed by atoms with van der Waals surface area (Å²) in [7, 11) is -9.93. The average Bonchev–Trinajstić information content (AvgIpc) is 0.906. The number of carbonyl (C=O) groups excluding carboxylic acids is 4. The number of rotatable bonds is 83. The number of carbonyl (C=O) groups is 4. The Bertz CT molecular complexity index is 2010. The second-order valence-electron chi connectivity index (χ2n) is 32.0. The van der Waals surface area contributed by atoms with Gasteiger partial charge in [0, 0.05) is 25.7 Å². The zero-order valence-electron chi connectivity index (χ0n) is 68.5. The predicted octanol–water partition coefficient (Wildman–Crippen LogP) is 25.7. The minimum atomic E-state index is -4.97. The summed E-state index contributed by atoms with van der Waals surface area (Å²) in [4.78, 5) is 73.2. The summed E-state index contributed by atoms with van der Waals surface area (Å²) < 4.78 is 68.9. The van der Waals surface area contributed by atoms with Crippen LogP contribution >= 0.6 is 15.6 Å². The van der Waals surface area contributed by atoms with Crippen molar-refractivity contribution < 1.29 is 80.2 Å².